The third-order valence-corrected chi connectivity index (χ3v) is 4.15. The van der Waals surface area contributed by atoms with Crippen molar-refractivity contribution in [1.29, 1.82) is 0 Å². The standard InChI is InChI=1S/C17H21N3O2/c1-9-5-10-11(6-16(22)18-12(10)7-14(9)21)13-8-15(20-19-13)17(2,3)4/h5,7-8,11,21H,6H2,1-4H3,(H,18,22)(H,19,20). The monoisotopic (exact) mass is 299 g/mol. The molecule has 116 valence electrons. The molecule has 3 rings (SSSR count). The summed E-state index contributed by atoms with van der Waals surface area (Å²) in [6, 6.07) is 5.59. The molecule has 1 aliphatic rings. The van der Waals surface area contributed by atoms with Crippen LogP contribution >= 0.6 is 0 Å². The Kier molecular flexibility index (Phi) is 3.24. The van der Waals surface area contributed by atoms with Gasteiger partial charge in [0.1, 0.15) is 5.75 Å². The fourth-order valence-corrected chi connectivity index (χ4v) is 2.79. The fourth-order valence-electron chi connectivity index (χ4n) is 2.79. The van der Waals surface area contributed by atoms with Gasteiger partial charge in [-0.25, -0.2) is 0 Å². The number of carbonyl (C=O) groups is 1. The summed E-state index contributed by atoms with van der Waals surface area (Å²) in [6.45, 7) is 8.18. The van der Waals surface area contributed by atoms with E-state index in [9.17, 15) is 9.90 Å². The van der Waals surface area contributed by atoms with Gasteiger partial charge in [0, 0.05) is 35.2 Å². The number of fused-ring (bicyclic) bond motifs is 1. The van der Waals surface area contributed by atoms with Gasteiger partial charge < -0.3 is 10.4 Å². The molecule has 0 aliphatic carbocycles. The zero-order valence-corrected chi connectivity index (χ0v) is 13.3. The maximum absolute atomic E-state index is 12.0. The minimum atomic E-state index is -0.0633. The normalized spacial score (nSPS) is 18.0. The Labute approximate surface area is 129 Å². The Bertz CT molecular complexity index is 741. The number of nitrogens with zero attached hydrogens (tertiary/aromatic N) is 1. The number of phenols is 1. The van der Waals surface area contributed by atoms with E-state index >= 15 is 0 Å². The van der Waals surface area contributed by atoms with E-state index in [-0.39, 0.29) is 23.0 Å². The highest BCUT2D eigenvalue weighted by Gasteiger charge is 2.30. The number of hydrogen-bond acceptors (Lipinski definition) is 3. The van der Waals surface area contributed by atoms with Crippen molar-refractivity contribution < 1.29 is 9.90 Å². The summed E-state index contributed by atoms with van der Waals surface area (Å²) >= 11 is 0. The predicted octanol–water partition coefficient (Wildman–Crippen LogP) is 3.20. The fraction of sp³-hybridized carbons (Fsp3) is 0.412. The number of aromatic hydroxyl groups is 1. The van der Waals surface area contributed by atoms with Gasteiger partial charge in [-0.05, 0) is 30.2 Å². The maximum Gasteiger partial charge on any atom is 0.225 e. The van der Waals surface area contributed by atoms with Gasteiger partial charge in [-0.1, -0.05) is 20.8 Å². The first-order valence-electron chi connectivity index (χ1n) is 7.45. The summed E-state index contributed by atoms with van der Waals surface area (Å²) in [5.41, 5.74) is 4.36. The van der Waals surface area contributed by atoms with Crippen LogP contribution in [0.3, 0.4) is 0 Å². The number of aryl methyl sites for hydroxylation is 1. The van der Waals surface area contributed by atoms with Crippen molar-refractivity contribution >= 4 is 11.6 Å². The first-order chi connectivity index (χ1) is 10.3. The highest BCUT2D eigenvalue weighted by Crippen LogP contribution is 2.40. The first-order valence-corrected chi connectivity index (χ1v) is 7.45. The highest BCUT2D eigenvalue weighted by atomic mass is 16.3. The molecule has 5 nitrogen and oxygen atoms in total. The average Bonchev–Trinajstić information content (AvgIpc) is 2.89. The van der Waals surface area contributed by atoms with Crippen LogP contribution in [-0.2, 0) is 10.2 Å². The van der Waals surface area contributed by atoms with Crippen LogP contribution in [0.5, 0.6) is 5.75 Å². The van der Waals surface area contributed by atoms with Crippen molar-refractivity contribution in [2.75, 3.05) is 5.32 Å². The van der Waals surface area contributed by atoms with E-state index in [1.54, 1.807) is 6.07 Å². The van der Waals surface area contributed by atoms with Gasteiger partial charge in [-0.15, -0.1) is 0 Å². The molecule has 0 saturated carbocycles. The lowest BCUT2D eigenvalue weighted by atomic mass is 9.85. The van der Waals surface area contributed by atoms with E-state index in [0.717, 1.165) is 22.5 Å². The van der Waals surface area contributed by atoms with Crippen LogP contribution in [-0.4, -0.2) is 21.2 Å². The van der Waals surface area contributed by atoms with Crippen LogP contribution in [0, 0.1) is 6.92 Å². The minimum Gasteiger partial charge on any atom is -0.508 e. The minimum absolute atomic E-state index is 0.0423. The number of hydrogen-bond donors (Lipinski definition) is 3. The van der Waals surface area contributed by atoms with Gasteiger partial charge in [-0.3, -0.25) is 9.89 Å². The van der Waals surface area contributed by atoms with E-state index in [1.165, 1.54) is 0 Å². The van der Waals surface area contributed by atoms with Crippen LogP contribution in [0.4, 0.5) is 5.69 Å². The number of H-pyrrole nitrogens is 1. The largest absolute Gasteiger partial charge is 0.508 e. The van der Waals surface area contributed by atoms with Crippen molar-refractivity contribution in [1.82, 2.24) is 10.2 Å². The number of anilines is 1. The van der Waals surface area contributed by atoms with Crippen LogP contribution in [0.1, 0.15) is 55.6 Å². The zero-order valence-electron chi connectivity index (χ0n) is 13.3. The van der Waals surface area contributed by atoms with Gasteiger partial charge in [0.25, 0.3) is 0 Å². The molecule has 2 heterocycles. The summed E-state index contributed by atoms with van der Waals surface area (Å²) in [4.78, 5) is 12.0. The second-order valence-corrected chi connectivity index (χ2v) is 6.99. The number of carbonyl (C=O) groups excluding carboxylic acids is 1. The summed E-state index contributed by atoms with van der Waals surface area (Å²) < 4.78 is 0. The second kappa shape index (κ2) is 4.87. The van der Waals surface area contributed by atoms with Gasteiger partial charge in [0.15, 0.2) is 0 Å². The van der Waals surface area contributed by atoms with E-state index < -0.39 is 0 Å². The molecule has 0 radical (unpaired) electrons. The van der Waals surface area contributed by atoms with Gasteiger partial charge >= 0.3 is 0 Å². The van der Waals surface area contributed by atoms with Gasteiger partial charge in [-0.2, -0.15) is 5.10 Å². The lowest BCUT2D eigenvalue weighted by Gasteiger charge is -2.25. The van der Waals surface area contributed by atoms with Crippen molar-refractivity contribution in [2.24, 2.45) is 0 Å². The van der Waals surface area contributed by atoms with Gasteiger partial charge in [0.05, 0.1) is 5.69 Å². The summed E-state index contributed by atoms with van der Waals surface area (Å²) in [7, 11) is 0. The number of amides is 1. The van der Waals surface area contributed by atoms with Gasteiger partial charge in [0.2, 0.25) is 5.91 Å². The molecule has 1 aromatic heterocycles. The molecule has 3 N–H and O–H groups in total. The Morgan fingerprint density at radius 3 is 2.64 bits per heavy atom. The Morgan fingerprint density at radius 2 is 2.00 bits per heavy atom. The van der Waals surface area contributed by atoms with E-state index in [4.69, 9.17) is 0 Å². The summed E-state index contributed by atoms with van der Waals surface area (Å²) in [6.07, 6.45) is 0.378. The lowest BCUT2D eigenvalue weighted by molar-refractivity contribution is -0.116. The van der Waals surface area contributed by atoms with E-state index in [2.05, 4.69) is 36.3 Å². The molecule has 22 heavy (non-hydrogen) atoms. The lowest BCUT2D eigenvalue weighted by Crippen LogP contribution is -2.23. The van der Waals surface area contributed by atoms with Crippen molar-refractivity contribution in [2.45, 2.75) is 45.4 Å². The molecule has 2 aromatic rings. The molecule has 1 aromatic carbocycles. The number of phenolic OH excluding ortho intramolecular Hbond substituents is 1. The summed E-state index contributed by atoms with van der Waals surface area (Å²) in [5.74, 6) is 0.0824. The quantitative estimate of drug-likeness (QED) is 0.756. The highest BCUT2D eigenvalue weighted by molar-refractivity contribution is 5.95. The number of nitrogens with one attached hydrogen (secondary N) is 2. The molecule has 1 atom stereocenters. The van der Waals surface area contributed by atoms with Crippen molar-refractivity contribution in [3.63, 3.8) is 0 Å². The van der Waals surface area contributed by atoms with Crippen molar-refractivity contribution in [3.8, 4) is 5.75 Å². The Morgan fingerprint density at radius 1 is 1.27 bits per heavy atom. The predicted molar refractivity (Wildman–Crippen MR) is 85.2 cm³/mol. The third-order valence-electron chi connectivity index (χ3n) is 4.15. The molecule has 0 spiro atoms. The molecule has 5 heteroatoms. The SMILES string of the molecule is Cc1cc2c(cc1O)NC(=O)CC2c1cc(C(C)(C)C)n[nH]1. The topological polar surface area (TPSA) is 78.0 Å². The molecule has 0 saturated heterocycles. The van der Waals surface area contributed by atoms with Crippen LogP contribution < -0.4 is 5.32 Å². The molecule has 1 amide bonds. The van der Waals surface area contributed by atoms with Crippen LogP contribution in [0.15, 0.2) is 18.2 Å². The molecular formula is C17H21N3O2. The Hall–Kier alpha value is -2.30. The second-order valence-electron chi connectivity index (χ2n) is 6.99. The van der Waals surface area contributed by atoms with E-state index in [1.807, 2.05) is 19.1 Å². The summed E-state index contributed by atoms with van der Waals surface area (Å²) in [5, 5.41) is 20.2. The van der Waals surface area contributed by atoms with Crippen LogP contribution in [0.2, 0.25) is 0 Å². The molecular weight excluding hydrogens is 278 g/mol. The number of aromatic amines is 1. The van der Waals surface area contributed by atoms with Crippen LogP contribution in [0.25, 0.3) is 0 Å². The molecule has 0 bridgehead atoms. The maximum atomic E-state index is 12.0. The number of aromatic nitrogens is 2. The number of rotatable bonds is 1. The zero-order chi connectivity index (χ0) is 16.1. The van der Waals surface area contributed by atoms with E-state index in [0.29, 0.717) is 12.1 Å². The average molecular weight is 299 g/mol. The van der Waals surface area contributed by atoms with Crippen molar-refractivity contribution in [3.05, 3.63) is 40.7 Å². The molecule has 0 fully saturated rings. The Balaban J connectivity index is 2.07. The smallest absolute Gasteiger partial charge is 0.225 e. The number of benzene rings is 1. The third kappa shape index (κ3) is 2.47. The molecule has 1 unspecified atom stereocenters. The molecule has 1 aliphatic heterocycles. The first kappa shape index (κ1) is 14.6.